The summed E-state index contributed by atoms with van der Waals surface area (Å²) < 4.78 is 5.91. The molecule has 0 bridgehead atoms. The second-order valence-electron chi connectivity index (χ2n) is 17.7. The Kier molecular flexibility index (Phi) is 46.1. The highest BCUT2D eigenvalue weighted by Crippen LogP contribution is 2.18. The molecule has 0 radical (unpaired) electrons. The molecule has 0 aliphatic rings. The molecule has 0 saturated carbocycles. The molecule has 1 amide bonds. The monoisotopic (exact) mass is 842 g/mol. The number of amides is 1. The molecule has 3 unspecified atom stereocenters. The molecule has 0 aromatic heterocycles. The minimum Gasteiger partial charge on any atom is -0.462 e. The number of allylic oxidation sites excluding steroid dienone is 8. The summed E-state index contributed by atoms with van der Waals surface area (Å²) in [5.41, 5.74) is 0. The summed E-state index contributed by atoms with van der Waals surface area (Å²) in [6.45, 7) is 6.43. The van der Waals surface area contributed by atoms with Gasteiger partial charge in [-0.3, -0.25) is 9.59 Å². The highest BCUT2D eigenvalue weighted by atomic mass is 16.5. The van der Waals surface area contributed by atoms with E-state index >= 15 is 0 Å². The number of hydrogen-bond acceptors (Lipinski definition) is 5. The number of esters is 1. The Morgan fingerprint density at radius 3 is 1.32 bits per heavy atom. The molecule has 0 aromatic carbocycles. The Hall–Kier alpha value is -2.18. The molecular formula is C54H99NO5. The third-order valence-electron chi connectivity index (χ3n) is 11.8. The first kappa shape index (κ1) is 57.8. The van der Waals surface area contributed by atoms with Crippen molar-refractivity contribution in [3.05, 3.63) is 48.6 Å². The third-order valence-corrected chi connectivity index (χ3v) is 11.8. The van der Waals surface area contributed by atoms with Crippen molar-refractivity contribution in [3.63, 3.8) is 0 Å². The molecule has 0 saturated heterocycles. The lowest BCUT2D eigenvalue weighted by molar-refractivity contribution is -0.151. The summed E-state index contributed by atoms with van der Waals surface area (Å²) in [6, 6.07) is -0.704. The summed E-state index contributed by atoms with van der Waals surface area (Å²) in [5.74, 6) is -0.495. The number of unbranched alkanes of at least 4 members (excludes halogenated alkanes) is 29. The smallest absolute Gasteiger partial charge is 0.306 e. The van der Waals surface area contributed by atoms with E-state index in [2.05, 4.69) is 74.7 Å². The van der Waals surface area contributed by atoms with E-state index < -0.39 is 18.2 Å². The number of aliphatic hydroxyl groups is 2. The van der Waals surface area contributed by atoms with Crippen LogP contribution in [0, 0.1) is 0 Å². The van der Waals surface area contributed by atoms with Crippen molar-refractivity contribution < 1.29 is 24.5 Å². The van der Waals surface area contributed by atoms with Gasteiger partial charge in [0.1, 0.15) is 6.10 Å². The maximum Gasteiger partial charge on any atom is 0.306 e. The highest BCUT2D eigenvalue weighted by Gasteiger charge is 2.24. The van der Waals surface area contributed by atoms with E-state index in [0.29, 0.717) is 19.3 Å². The van der Waals surface area contributed by atoms with Crippen molar-refractivity contribution in [2.45, 2.75) is 277 Å². The van der Waals surface area contributed by atoms with Crippen molar-refractivity contribution in [1.29, 1.82) is 0 Å². The van der Waals surface area contributed by atoms with Gasteiger partial charge in [0, 0.05) is 6.42 Å². The zero-order valence-electron chi connectivity index (χ0n) is 39.8. The zero-order chi connectivity index (χ0) is 43.8. The minimum absolute atomic E-state index is 0.0694. The van der Waals surface area contributed by atoms with Crippen LogP contribution in [0.1, 0.15) is 258 Å². The van der Waals surface area contributed by atoms with E-state index in [1.165, 1.54) is 128 Å². The predicted molar refractivity (Wildman–Crippen MR) is 259 cm³/mol. The maximum atomic E-state index is 13.2. The molecule has 350 valence electrons. The van der Waals surface area contributed by atoms with Crippen molar-refractivity contribution >= 4 is 11.9 Å². The zero-order valence-corrected chi connectivity index (χ0v) is 39.8. The highest BCUT2D eigenvalue weighted by molar-refractivity contribution is 5.77. The van der Waals surface area contributed by atoms with Crippen LogP contribution in [0.15, 0.2) is 48.6 Å². The SMILES string of the molecule is CCCCC/C=C/C=C/C=C/C=C/CCCCCCCC(=O)OC(CCCCCCCCCCC)CC(=O)NC(CO)C(O)CCCCCCCCCCCCCCCC. The first-order chi connectivity index (χ1) is 29.5. The molecule has 6 nitrogen and oxygen atoms in total. The summed E-state index contributed by atoms with van der Waals surface area (Å²) >= 11 is 0. The van der Waals surface area contributed by atoms with Crippen molar-refractivity contribution in [1.82, 2.24) is 5.32 Å². The molecule has 0 aromatic rings. The fourth-order valence-corrected chi connectivity index (χ4v) is 7.80. The first-order valence-electron chi connectivity index (χ1n) is 25.9. The van der Waals surface area contributed by atoms with E-state index in [1.807, 2.05) is 0 Å². The standard InChI is InChI=1S/C54H99NO5/c1-4-7-10-13-16-19-21-23-25-26-27-28-30-32-35-38-41-44-47-54(59)60-50(45-42-39-36-33-18-15-12-9-6-3)48-53(58)55-51(49-56)52(57)46-43-40-37-34-31-29-24-22-20-17-14-11-8-5-2/h16,19,21,23,25-28,50-52,56-57H,4-15,17-18,20,22,24,29-49H2,1-3H3,(H,55,58)/b19-16+,23-21+,26-25+,28-27+. The van der Waals surface area contributed by atoms with Gasteiger partial charge in [0.25, 0.3) is 0 Å². The molecule has 3 atom stereocenters. The van der Waals surface area contributed by atoms with E-state index in [0.717, 1.165) is 83.5 Å². The van der Waals surface area contributed by atoms with E-state index in [9.17, 15) is 19.8 Å². The average Bonchev–Trinajstić information content (AvgIpc) is 3.24. The number of aliphatic hydroxyl groups excluding tert-OH is 2. The van der Waals surface area contributed by atoms with E-state index in [4.69, 9.17) is 4.74 Å². The van der Waals surface area contributed by atoms with Gasteiger partial charge < -0.3 is 20.3 Å². The van der Waals surface area contributed by atoms with Crippen molar-refractivity contribution in [2.24, 2.45) is 0 Å². The van der Waals surface area contributed by atoms with Crippen LogP contribution in [0.3, 0.4) is 0 Å². The lowest BCUT2D eigenvalue weighted by Gasteiger charge is -2.24. The predicted octanol–water partition coefficient (Wildman–Crippen LogP) is 15.5. The number of nitrogens with one attached hydrogen (secondary N) is 1. The summed E-state index contributed by atoms with van der Waals surface area (Å²) in [5, 5.41) is 23.7. The number of hydrogen-bond donors (Lipinski definition) is 3. The third kappa shape index (κ3) is 42.5. The van der Waals surface area contributed by atoms with Crippen LogP contribution in [-0.4, -0.2) is 46.9 Å². The second-order valence-corrected chi connectivity index (χ2v) is 17.7. The Morgan fingerprint density at radius 2 is 0.850 bits per heavy atom. The molecule has 0 fully saturated rings. The molecule has 0 rings (SSSR count). The molecule has 60 heavy (non-hydrogen) atoms. The molecule has 6 heteroatoms. The Bertz CT molecular complexity index is 1040. The molecule has 0 spiro atoms. The van der Waals surface area contributed by atoms with Gasteiger partial charge in [-0.05, 0) is 51.4 Å². The average molecular weight is 842 g/mol. The number of carbonyl (C=O) groups is 2. The van der Waals surface area contributed by atoms with Gasteiger partial charge >= 0.3 is 5.97 Å². The fourth-order valence-electron chi connectivity index (χ4n) is 7.80. The Balaban J connectivity index is 4.50. The van der Waals surface area contributed by atoms with Gasteiger partial charge in [-0.15, -0.1) is 0 Å². The van der Waals surface area contributed by atoms with Crippen LogP contribution in [-0.2, 0) is 14.3 Å². The minimum atomic E-state index is -0.790. The summed E-state index contributed by atoms with van der Waals surface area (Å²) in [7, 11) is 0. The fraction of sp³-hybridized carbons (Fsp3) is 0.815. The van der Waals surface area contributed by atoms with Crippen LogP contribution >= 0.6 is 0 Å². The van der Waals surface area contributed by atoms with Crippen molar-refractivity contribution in [2.75, 3.05) is 6.61 Å². The lowest BCUT2D eigenvalue weighted by atomic mass is 10.0. The second kappa shape index (κ2) is 47.9. The normalized spacial score (nSPS) is 13.6. The molecule has 0 aliphatic carbocycles. The van der Waals surface area contributed by atoms with Crippen LogP contribution in [0.2, 0.25) is 0 Å². The van der Waals surface area contributed by atoms with E-state index in [-0.39, 0.29) is 24.9 Å². The molecular weight excluding hydrogens is 743 g/mol. The largest absolute Gasteiger partial charge is 0.462 e. The van der Waals surface area contributed by atoms with Gasteiger partial charge in [0.05, 0.1) is 25.2 Å². The number of ether oxygens (including phenoxy) is 1. The first-order valence-corrected chi connectivity index (χ1v) is 25.9. The van der Waals surface area contributed by atoms with Crippen molar-refractivity contribution in [3.8, 4) is 0 Å². The number of rotatable bonds is 46. The number of carbonyl (C=O) groups excluding carboxylic acids is 2. The quantitative estimate of drug-likeness (QED) is 0.0322. The Labute approximate surface area is 372 Å². The van der Waals surface area contributed by atoms with E-state index in [1.54, 1.807) is 0 Å². The van der Waals surface area contributed by atoms with Gasteiger partial charge in [-0.1, -0.05) is 243 Å². The summed E-state index contributed by atoms with van der Waals surface area (Å²) in [4.78, 5) is 26.1. The van der Waals surface area contributed by atoms with Crippen LogP contribution in [0.25, 0.3) is 0 Å². The van der Waals surface area contributed by atoms with Crippen LogP contribution in [0.5, 0.6) is 0 Å². The van der Waals surface area contributed by atoms with Gasteiger partial charge in [0.15, 0.2) is 0 Å². The van der Waals surface area contributed by atoms with Gasteiger partial charge in [0.2, 0.25) is 5.91 Å². The van der Waals surface area contributed by atoms with Crippen LogP contribution < -0.4 is 5.32 Å². The maximum absolute atomic E-state index is 13.2. The topological polar surface area (TPSA) is 95.9 Å². The molecule has 3 N–H and O–H groups in total. The van der Waals surface area contributed by atoms with Crippen LogP contribution in [0.4, 0.5) is 0 Å². The molecule has 0 heterocycles. The molecule has 0 aliphatic heterocycles. The summed E-state index contributed by atoms with van der Waals surface area (Å²) in [6.07, 6.45) is 57.4. The van der Waals surface area contributed by atoms with Gasteiger partial charge in [-0.25, -0.2) is 0 Å². The van der Waals surface area contributed by atoms with Gasteiger partial charge in [-0.2, -0.15) is 0 Å². The lowest BCUT2D eigenvalue weighted by Crippen LogP contribution is -2.46. The Morgan fingerprint density at radius 1 is 0.483 bits per heavy atom.